The maximum atomic E-state index is 12.6. The molecule has 9 heteroatoms. The molecule has 1 fully saturated rings. The third-order valence-corrected chi connectivity index (χ3v) is 5.18. The van der Waals surface area contributed by atoms with Crippen LogP contribution in [0.25, 0.3) is 0 Å². The summed E-state index contributed by atoms with van der Waals surface area (Å²) < 4.78 is 31.4. The Kier molecular flexibility index (Phi) is 4.76. The van der Waals surface area contributed by atoms with Crippen LogP contribution in [0.1, 0.15) is 6.42 Å². The molecule has 1 saturated heterocycles. The lowest BCUT2D eigenvalue weighted by atomic mass is 10.3. The summed E-state index contributed by atoms with van der Waals surface area (Å²) in [5.74, 6) is -0.0611. The average molecular weight is 315 g/mol. The molecular weight excluding hydrogens is 298 g/mol. The second kappa shape index (κ2) is 6.37. The Labute approximate surface area is 122 Å². The minimum atomic E-state index is -3.67. The molecule has 21 heavy (non-hydrogen) atoms. The molecule has 0 aliphatic carbocycles. The lowest BCUT2D eigenvalue weighted by molar-refractivity contribution is -0.385. The first kappa shape index (κ1) is 15.7. The molecule has 0 spiro atoms. The zero-order valence-electron chi connectivity index (χ0n) is 11.6. The summed E-state index contributed by atoms with van der Waals surface area (Å²) in [7, 11) is -2.40. The van der Waals surface area contributed by atoms with Gasteiger partial charge >= 0.3 is 5.69 Å². The second-order valence-corrected chi connectivity index (χ2v) is 6.54. The van der Waals surface area contributed by atoms with E-state index in [1.807, 2.05) is 0 Å². The molecule has 1 heterocycles. The van der Waals surface area contributed by atoms with Gasteiger partial charge in [0.1, 0.15) is 0 Å². The molecule has 1 aromatic carbocycles. The van der Waals surface area contributed by atoms with Gasteiger partial charge in [-0.1, -0.05) is 0 Å². The number of rotatable bonds is 4. The van der Waals surface area contributed by atoms with Crippen molar-refractivity contribution in [3.63, 3.8) is 0 Å². The van der Waals surface area contributed by atoms with Gasteiger partial charge in [-0.15, -0.1) is 0 Å². The summed E-state index contributed by atoms with van der Waals surface area (Å²) in [6.07, 6.45) is 0.726. The van der Waals surface area contributed by atoms with E-state index >= 15 is 0 Å². The standard InChI is InChI=1S/C12H17N3O5S/c1-20-12-9-10(3-4-11(12)15(16)17)21(18,19)14-7-2-5-13-6-8-14/h3-4,9,13H,2,5-8H2,1H3. The first-order valence-electron chi connectivity index (χ1n) is 6.50. The highest BCUT2D eigenvalue weighted by Gasteiger charge is 2.27. The second-order valence-electron chi connectivity index (χ2n) is 4.60. The van der Waals surface area contributed by atoms with Gasteiger partial charge in [0.05, 0.1) is 16.9 Å². The SMILES string of the molecule is COc1cc(S(=O)(=O)N2CCCNCC2)ccc1[N+](=O)[O-]. The molecule has 1 aliphatic heterocycles. The van der Waals surface area contributed by atoms with Crippen molar-refractivity contribution in [3.8, 4) is 5.75 Å². The molecule has 116 valence electrons. The Bertz CT molecular complexity index is 624. The molecule has 0 bridgehead atoms. The maximum absolute atomic E-state index is 12.6. The Balaban J connectivity index is 2.37. The third kappa shape index (κ3) is 3.31. The van der Waals surface area contributed by atoms with E-state index in [-0.39, 0.29) is 16.3 Å². The molecule has 0 amide bonds. The quantitative estimate of drug-likeness (QED) is 0.644. The summed E-state index contributed by atoms with van der Waals surface area (Å²) in [5, 5.41) is 14.0. The van der Waals surface area contributed by atoms with Crippen LogP contribution >= 0.6 is 0 Å². The van der Waals surface area contributed by atoms with Gasteiger partial charge < -0.3 is 10.1 Å². The largest absolute Gasteiger partial charge is 0.490 e. The molecule has 8 nitrogen and oxygen atoms in total. The highest BCUT2D eigenvalue weighted by Crippen LogP contribution is 2.30. The van der Waals surface area contributed by atoms with E-state index in [2.05, 4.69) is 5.32 Å². The molecule has 0 unspecified atom stereocenters. The van der Waals surface area contributed by atoms with Gasteiger partial charge in [-0.2, -0.15) is 4.31 Å². The number of benzene rings is 1. The van der Waals surface area contributed by atoms with Crippen LogP contribution in [-0.4, -0.2) is 50.9 Å². The fourth-order valence-electron chi connectivity index (χ4n) is 2.18. The monoisotopic (exact) mass is 315 g/mol. The Morgan fingerprint density at radius 1 is 1.33 bits per heavy atom. The topological polar surface area (TPSA) is 102 Å². The first-order valence-corrected chi connectivity index (χ1v) is 7.94. The number of nitro benzene ring substituents is 1. The van der Waals surface area contributed by atoms with E-state index in [1.54, 1.807) is 0 Å². The van der Waals surface area contributed by atoms with E-state index in [1.165, 1.54) is 23.5 Å². The third-order valence-electron chi connectivity index (χ3n) is 3.28. The van der Waals surface area contributed by atoms with E-state index in [9.17, 15) is 18.5 Å². The van der Waals surface area contributed by atoms with Gasteiger partial charge in [0, 0.05) is 31.8 Å². The van der Waals surface area contributed by atoms with Crippen molar-refractivity contribution in [1.82, 2.24) is 9.62 Å². The predicted octanol–water partition coefficient (Wildman–Crippen LogP) is 0.587. The lowest BCUT2D eigenvalue weighted by Gasteiger charge is -2.19. The Morgan fingerprint density at radius 2 is 2.10 bits per heavy atom. The van der Waals surface area contributed by atoms with Crippen molar-refractivity contribution in [1.29, 1.82) is 0 Å². The van der Waals surface area contributed by atoms with Gasteiger partial charge in [-0.3, -0.25) is 10.1 Å². The van der Waals surface area contributed by atoms with Crippen LogP contribution < -0.4 is 10.1 Å². The van der Waals surface area contributed by atoms with Crippen molar-refractivity contribution < 1.29 is 18.1 Å². The number of hydrogen-bond donors (Lipinski definition) is 1. The minimum Gasteiger partial charge on any atom is -0.490 e. The maximum Gasteiger partial charge on any atom is 0.310 e. The van der Waals surface area contributed by atoms with Gasteiger partial charge in [0.25, 0.3) is 0 Å². The Hall–Kier alpha value is -1.71. The van der Waals surface area contributed by atoms with Crippen LogP contribution in [0.4, 0.5) is 5.69 Å². The van der Waals surface area contributed by atoms with Crippen LogP contribution in [-0.2, 0) is 10.0 Å². The molecule has 2 rings (SSSR count). The lowest BCUT2D eigenvalue weighted by Crippen LogP contribution is -2.34. The average Bonchev–Trinajstić information content (AvgIpc) is 2.75. The van der Waals surface area contributed by atoms with Crippen LogP contribution in [0.15, 0.2) is 23.1 Å². The van der Waals surface area contributed by atoms with E-state index in [4.69, 9.17) is 4.74 Å². The molecular formula is C12H17N3O5S. The number of sulfonamides is 1. The van der Waals surface area contributed by atoms with E-state index in [0.29, 0.717) is 19.6 Å². The van der Waals surface area contributed by atoms with Crippen LogP contribution in [0.5, 0.6) is 5.75 Å². The molecule has 0 radical (unpaired) electrons. The van der Waals surface area contributed by atoms with Crippen LogP contribution in [0, 0.1) is 10.1 Å². The predicted molar refractivity (Wildman–Crippen MR) is 75.9 cm³/mol. The molecule has 1 N–H and O–H groups in total. The van der Waals surface area contributed by atoms with Gasteiger partial charge in [-0.25, -0.2) is 8.42 Å². The zero-order chi connectivity index (χ0) is 15.5. The van der Waals surface area contributed by atoms with Crippen molar-refractivity contribution in [3.05, 3.63) is 28.3 Å². The highest BCUT2D eigenvalue weighted by molar-refractivity contribution is 7.89. The molecule has 1 aromatic rings. The van der Waals surface area contributed by atoms with Gasteiger partial charge in [0.2, 0.25) is 10.0 Å². The van der Waals surface area contributed by atoms with E-state index in [0.717, 1.165) is 19.0 Å². The zero-order valence-corrected chi connectivity index (χ0v) is 12.4. The summed E-state index contributed by atoms with van der Waals surface area (Å²) in [4.78, 5) is 10.2. The van der Waals surface area contributed by atoms with Gasteiger partial charge in [-0.05, 0) is 19.0 Å². The molecule has 0 atom stereocenters. The number of methoxy groups -OCH3 is 1. The van der Waals surface area contributed by atoms with Gasteiger partial charge in [0.15, 0.2) is 5.75 Å². The number of nitro groups is 1. The number of nitrogens with zero attached hydrogens (tertiary/aromatic N) is 2. The van der Waals surface area contributed by atoms with E-state index < -0.39 is 14.9 Å². The fourth-order valence-corrected chi connectivity index (χ4v) is 3.67. The van der Waals surface area contributed by atoms with Crippen LogP contribution in [0.2, 0.25) is 0 Å². The molecule has 0 aromatic heterocycles. The number of nitrogens with one attached hydrogen (secondary N) is 1. The van der Waals surface area contributed by atoms with Crippen LogP contribution in [0.3, 0.4) is 0 Å². The Morgan fingerprint density at radius 3 is 2.76 bits per heavy atom. The summed E-state index contributed by atoms with van der Waals surface area (Å²) in [6, 6.07) is 3.60. The number of ether oxygens (including phenoxy) is 1. The summed E-state index contributed by atoms with van der Waals surface area (Å²) in [6.45, 7) is 2.16. The normalized spacial score (nSPS) is 17.2. The highest BCUT2D eigenvalue weighted by atomic mass is 32.2. The molecule has 1 aliphatic rings. The van der Waals surface area contributed by atoms with Crippen molar-refractivity contribution in [2.24, 2.45) is 0 Å². The molecule has 0 saturated carbocycles. The van der Waals surface area contributed by atoms with Crippen molar-refractivity contribution >= 4 is 15.7 Å². The first-order chi connectivity index (χ1) is 9.96. The summed E-state index contributed by atoms with van der Waals surface area (Å²) in [5.41, 5.74) is -0.256. The smallest absolute Gasteiger partial charge is 0.310 e. The fraction of sp³-hybridized carbons (Fsp3) is 0.500. The van der Waals surface area contributed by atoms with Crippen molar-refractivity contribution in [2.75, 3.05) is 33.3 Å². The minimum absolute atomic E-state index is 0.00634. The number of hydrogen-bond acceptors (Lipinski definition) is 6. The summed E-state index contributed by atoms with van der Waals surface area (Å²) >= 11 is 0. The van der Waals surface area contributed by atoms with Crippen molar-refractivity contribution in [2.45, 2.75) is 11.3 Å².